The molecular formula is C24H34FN3O4. The minimum Gasteiger partial charge on any atom is -0.444 e. The van der Waals surface area contributed by atoms with Gasteiger partial charge in [-0.1, -0.05) is 13.3 Å². The van der Waals surface area contributed by atoms with E-state index >= 15 is 0 Å². The van der Waals surface area contributed by atoms with Crippen LogP contribution in [-0.2, 0) is 9.53 Å². The Morgan fingerprint density at radius 3 is 2.78 bits per heavy atom. The zero-order valence-electron chi connectivity index (χ0n) is 18.8. The molecule has 32 heavy (non-hydrogen) atoms. The molecule has 0 radical (unpaired) electrons. The molecule has 7 nitrogen and oxygen atoms in total. The van der Waals surface area contributed by atoms with E-state index in [1.807, 2.05) is 4.90 Å². The van der Waals surface area contributed by atoms with E-state index in [2.05, 4.69) is 6.92 Å². The number of likely N-dealkylation sites (tertiary alicyclic amines) is 1. The number of rotatable bonds is 5. The highest BCUT2D eigenvalue weighted by Crippen LogP contribution is 2.30. The smallest absolute Gasteiger partial charge is 0.410 e. The second-order valence-electron chi connectivity index (χ2n) is 9.19. The molecule has 1 aromatic carbocycles. The number of hydrogen-bond donors (Lipinski definition) is 1. The molecule has 4 rings (SSSR count). The number of benzene rings is 1. The first-order valence-corrected chi connectivity index (χ1v) is 12.0. The molecular weight excluding hydrogens is 413 g/mol. The molecule has 0 saturated carbocycles. The Kier molecular flexibility index (Phi) is 7.18. The number of piperidine rings is 2. The van der Waals surface area contributed by atoms with Crippen molar-refractivity contribution < 1.29 is 23.8 Å². The molecule has 2 amide bonds. The molecule has 3 atom stereocenters. The third kappa shape index (κ3) is 5.00. The largest absolute Gasteiger partial charge is 0.444 e. The average molecular weight is 448 g/mol. The first-order chi connectivity index (χ1) is 15.5. The molecule has 3 saturated heterocycles. The number of halogens is 1. The summed E-state index contributed by atoms with van der Waals surface area (Å²) in [5.41, 5.74) is 1.08. The maximum Gasteiger partial charge on any atom is 0.410 e. The van der Waals surface area contributed by atoms with Gasteiger partial charge in [-0.05, 0) is 56.7 Å². The summed E-state index contributed by atoms with van der Waals surface area (Å²) < 4.78 is 20.8. The summed E-state index contributed by atoms with van der Waals surface area (Å²) in [5.74, 6) is -0.323. The van der Waals surface area contributed by atoms with Crippen LogP contribution in [0, 0.1) is 5.82 Å². The van der Waals surface area contributed by atoms with Gasteiger partial charge in [-0.3, -0.25) is 4.79 Å². The molecule has 176 valence electrons. The summed E-state index contributed by atoms with van der Waals surface area (Å²) >= 11 is 0. The molecule has 0 spiro atoms. The lowest BCUT2D eigenvalue weighted by molar-refractivity contribution is -0.117. The predicted octanol–water partition coefficient (Wildman–Crippen LogP) is 3.68. The van der Waals surface area contributed by atoms with Crippen LogP contribution in [0.1, 0.15) is 58.3 Å². The maximum absolute atomic E-state index is 14.9. The number of aliphatic hydroxyl groups is 1. The van der Waals surface area contributed by atoms with Crippen LogP contribution in [0.4, 0.5) is 20.6 Å². The third-order valence-electron chi connectivity index (χ3n) is 6.85. The van der Waals surface area contributed by atoms with E-state index in [0.29, 0.717) is 56.8 Å². The summed E-state index contributed by atoms with van der Waals surface area (Å²) in [5, 5.41) is 9.97. The van der Waals surface area contributed by atoms with Gasteiger partial charge in [0.2, 0.25) is 5.91 Å². The van der Waals surface area contributed by atoms with Crippen LogP contribution < -0.4 is 9.80 Å². The highest BCUT2D eigenvalue weighted by atomic mass is 19.1. The molecule has 3 aliphatic heterocycles. The van der Waals surface area contributed by atoms with Crippen molar-refractivity contribution in [3.05, 3.63) is 24.0 Å². The Bertz CT molecular complexity index is 835. The Morgan fingerprint density at radius 2 is 2.06 bits per heavy atom. The lowest BCUT2D eigenvalue weighted by Gasteiger charge is -2.39. The summed E-state index contributed by atoms with van der Waals surface area (Å²) in [7, 11) is 0. The number of carbonyl (C=O) groups excluding carboxylic acids is 2. The van der Waals surface area contributed by atoms with Gasteiger partial charge in [-0.2, -0.15) is 0 Å². The first kappa shape index (κ1) is 22.8. The molecule has 3 aliphatic rings. The zero-order valence-corrected chi connectivity index (χ0v) is 18.8. The van der Waals surface area contributed by atoms with Gasteiger partial charge in [-0.15, -0.1) is 0 Å². The van der Waals surface area contributed by atoms with Gasteiger partial charge in [0.1, 0.15) is 11.9 Å². The van der Waals surface area contributed by atoms with Crippen LogP contribution in [-0.4, -0.2) is 66.4 Å². The van der Waals surface area contributed by atoms with E-state index in [-0.39, 0.29) is 36.1 Å². The van der Waals surface area contributed by atoms with Gasteiger partial charge in [-0.25, -0.2) is 9.18 Å². The third-order valence-corrected chi connectivity index (χ3v) is 6.85. The van der Waals surface area contributed by atoms with Crippen molar-refractivity contribution in [3.63, 3.8) is 0 Å². The van der Waals surface area contributed by atoms with E-state index in [4.69, 9.17) is 4.74 Å². The number of nitrogens with zero attached hydrogens (tertiary/aromatic N) is 3. The summed E-state index contributed by atoms with van der Waals surface area (Å²) in [6.45, 7) is 4.35. The van der Waals surface area contributed by atoms with Crippen molar-refractivity contribution in [2.24, 2.45) is 0 Å². The predicted molar refractivity (Wildman–Crippen MR) is 120 cm³/mol. The van der Waals surface area contributed by atoms with Gasteiger partial charge < -0.3 is 24.5 Å². The van der Waals surface area contributed by atoms with Crippen molar-refractivity contribution in [1.29, 1.82) is 0 Å². The molecule has 8 heteroatoms. The monoisotopic (exact) mass is 447 g/mol. The van der Waals surface area contributed by atoms with Gasteiger partial charge >= 0.3 is 6.09 Å². The quantitative estimate of drug-likeness (QED) is 0.745. The fourth-order valence-corrected chi connectivity index (χ4v) is 5.18. The Balaban J connectivity index is 1.39. The van der Waals surface area contributed by atoms with Crippen molar-refractivity contribution in [2.75, 3.05) is 36.0 Å². The molecule has 1 aromatic rings. The topological polar surface area (TPSA) is 73.3 Å². The number of anilines is 2. The molecule has 3 unspecified atom stereocenters. The van der Waals surface area contributed by atoms with Crippen LogP contribution >= 0.6 is 0 Å². The molecule has 0 bridgehead atoms. The Hall–Kier alpha value is -2.35. The van der Waals surface area contributed by atoms with Crippen LogP contribution in [0.25, 0.3) is 0 Å². The van der Waals surface area contributed by atoms with Gasteiger partial charge in [0.25, 0.3) is 0 Å². The molecule has 3 heterocycles. The number of amides is 2. The molecule has 0 aliphatic carbocycles. The van der Waals surface area contributed by atoms with Crippen LogP contribution in [0.3, 0.4) is 0 Å². The van der Waals surface area contributed by atoms with E-state index < -0.39 is 0 Å². The first-order valence-electron chi connectivity index (χ1n) is 12.0. The lowest BCUT2D eigenvalue weighted by Crippen LogP contribution is -2.50. The summed E-state index contributed by atoms with van der Waals surface area (Å²) in [6, 6.07) is 4.96. The Morgan fingerprint density at radius 1 is 1.22 bits per heavy atom. The number of aliphatic hydroxyl groups excluding tert-OH is 1. The highest BCUT2D eigenvalue weighted by Gasteiger charge is 2.34. The van der Waals surface area contributed by atoms with E-state index in [0.717, 1.165) is 32.1 Å². The van der Waals surface area contributed by atoms with E-state index in [1.54, 1.807) is 21.9 Å². The standard InChI is InChI=1S/C24H34FN3O4/c1-2-5-17-14-19(29)10-13-28(17)24(31)32-20-6-3-11-26(16-20)22-9-8-18(15-21(22)25)27-12-4-7-23(27)30/h8-9,15,17,19-20,29H,2-7,10-14,16H2,1H3. The van der Waals surface area contributed by atoms with Crippen molar-refractivity contribution in [3.8, 4) is 0 Å². The Labute approximate surface area is 189 Å². The summed E-state index contributed by atoms with van der Waals surface area (Å²) in [6.07, 6.45) is 4.84. The highest BCUT2D eigenvalue weighted by molar-refractivity contribution is 5.95. The fraction of sp³-hybridized carbons (Fsp3) is 0.667. The normalized spacial score (nSPS) is 26.5. The number of ether oxygens (including phenoxy) is 1. The molecule has 0 aromatic heterocycles. The van der Waals surface area contributed by atoms with Gasteiger partial charge in [0, 0.05) is 37.8 Å². The zero-order chi connectivity index (χ0) is 22.7. The van der Waals surface area contributed by atoms with Crippen molar-refractivity contribution in [1.82, 2.24) is 4.90 Å². The molecule has 1 N–H and O–H groups in total. The van der Waals surface area contributed by atoms with E-state index in [1.165, 1.54) is 6.07 Å². The van der Waals surface area contributed by atoms with Crippen molar-refractivity contribution >= 4 is 23.4 Å². The SMILES string of the molecule is CCCC1CC(O)CCN1C(=O)OC1CCCN(c2ccc(N3CCCC3=O)cc2F)C1. The number of hydrogen-bond acceptors (Lipinski definition) is 5. The van der Waals surface area contributed by atoms with E-state index in [9.17, 15) is 19.1 Å². The van der Waals surface area contributed by atoms with Crippen LogP contribution in [0.2, 0.25) is 0 Å². The average Bonchev–Trinajstić information content (AvgIpc) is 3.20. The second kappa shape index (κ2) is 10.1. The summed E-state index contributed by atoms with van der Waals surface area (Å²) in [4.78, 5) is 30.2. The molecule has 3 fully saturated rings. The van der Waals surface area contributed by atoms with Crippen LogP contribution in [0.5, 0.6) is 0 Å². The van der Waals surface area contributed by atoms with Crippen LogP contribution in [0.15, 0.2) is 18.2 Å². The fourth-order valence-electron chi connectivity index (χ4n) is 5.18. The number of carbonyl (C=O) groups is 2. The van der Waals surface area contributed by atoms with Crippen molar-refractivity contribution in [2.45, 2.75) is 76.5 Å². The van der Waals surface area contributed by atoms with Gasteiger partial charge in [0.05, 0.1) is 18.3 Å². The maximum atomic E-state index is 14.9. The second-order valence-corrected chi connectivity index (χ2v) is 9.19. The minimum absolute atomic E-state index is 0.00855. The minimum atomic E-state index is -0.359. The lowest BCUT2D eigenvalue weighted by atomic mass is 9.96. The van der Waals surface area contributed by atoms with Gasteiger partial charge in [0.15, 0.2) is 0 Å².